The molecule has 0 aromatic heterocycles. The van der Waals surface area contributed by atoms with Crippen LogP contribution >= 0.6 is 0 Å². The van der Waals surface area contributed by atoms with Crippen molar-refractivity contribution in [3.8, 4) is 5.75 Å². The van der Waals surface area contributed by atoms with Crippen LogP contribution in [0.5, 0.6) is 5.75 Å². The standard InChI is InChI=1S/C20H25FN2O2/c1-20(2,13-22)14-23(3)19(24)17-6-4-5-7-18(17)25-12-15-8-10-16(21)11-9-15/h4-11H,12-14,22H2,1-3H3. The number of halogens is 1. The van der Waals surface area contributed by atoms with Crippen molar-refractivity contribution >= 4 is 5.91 Å². The van der Waals surface area contributed by atoms with Gasteiger partial charge >= 0.3 is 0 Å². The highest BCUT2D eigenvalue weighted by Gasteiger charge is 2.23. The number of hydrogen-bond donors (Lipinski definition) is 1. The maximum atomic E-state index is 13.0. The van der Waals surface area contributed by atoms with Gasteiger partial charge in [-0.15, -0.1) is 0 Å². The molecule has 5 heteroatoms. The first-order valence-electron chi connectivity index (χ1n) is 8.24. The van der Waals surface area contributed by atoms with E-state index in [1.54, 1.807) is 42.3 Å². The number of ether oxygens (including phenoxy) is 1. The average molecular weight is 344 g/mol. The molecule has 0 fully saturated rings. The number of nitrogens with zero attached hydrogens (tertiary/aromatic N) is 1. The number of para-hydroxylation sites is 1. The molecule has 0 aliphatic heterocycles. The fraction of sp³-hybridized carbons (Fsp3) is 0.350. The predicted molar refractivity (Wildman–Crippen MR) is 97.0 cm³/mol. The first kappa shape index (κ1) is 18.9. The molecule has 2 N–H and O–H groups in total. The molecule has 0 atom stereocenters. The van der Waals surface area contributed by atoms with Gasteiger partial charge in [-0.2, -0.15) is 0 Å². The summed E-state index contributed by atoms with van der Waals surface area (Å²) in [5.74, 6) is 0.105. The molecule has 2 aromatic rings. The Morgan fingerprint density at radius 2 is 1.80 bits per heavy atom. The molecule has 0 radical (unpaired) electrons. The van der Waals surface area contributed by atoms with Gasteiger partial charge in [0.2, 0.25) is 0 Å². The minimum absolute atomic E-state index is 0.115. The van der Waals surface area contributed by atoms with Crippen molar-refractivity contribution in [1.82, 2.24) is 4.90 Å². The molecule has 134 valence electrons. The molecule has 2 rings (SSSR count). The van der Waals surface area contributed by atoms with Crippen molar-refractivity contribution in [1.29, 1.82) is 0 Å². The van der Waals surface area contributed by atoms with Gasteiger partial charge < -0.3 is 15.4 Å². The summed E-state index contributed by atoms with van der Waals surface area (Å²) in [7, 11) is 1.76. The van der Waals surface area contributed by atoms with Crippen LogP contribution in [0.3, 0.4) is 0 Å². The molecule has 0 bridgehead atoms. The van der Waals surface area contributed by atoms with E-state index in [-0.39, 0.29) is 23.7 Å². The van der Waals surface area contributed by atoms with Crippen LogP contribution in [0.1, 0.15) is 29.8 Å². The lowest BCUT2D eigenvalue weighted by Crippen LogP contribution is -2.39. The number of rotatable bonds is 7. The minimum atomic E-state index is -0.288. The number of hydrogen-bond acceptors (Lipinski definition) is 3. The molecule has 0 saturated carbocycles. The number of carbonyl (C=O) groups excluding carboxylic acids is 1. The molecule has 1 amide bonds. The minimum Gasteiger partial charge on any atom is -0.488 e. The van der Waals surface area contributed by atoms with Crippen LogP contribution in [0.4, 0.5) is 4.39 Å². The van der Waals surface area contributed by atoms with Crippen molar-refractivity contribution in [2.24, 2.45) is 11.1 Å². The molecular weight excluding hydrogens is 319 g/mol. The van der Waals surface area contributed by atoms with Gasteiger partial charge in [0.25, 0.3) is 5.91 Å². The second kappa shape index (κ2) is 8.12. The lowest BCUT2D eigenvalue weighted by molar-refractivity contribution is 0.0735. The van der Waals surface area contributed by atoms with Gasteiger partial charge in [-0.3, -0.25) is 4.79 Å². The second-order valence-electron chi connectivity index (χ2n) is 6.94. The fourth-order valence-corrected chi connectivity index (χ4v) is 2.49. The Kier molecular flexibility index (Phi) is 6.15. The summed E-state index contributed by atoms with van der Waals surface area (Å²) in [5, 5.41) is 0. The Morgan fingerprint density at radius 3 is 2.44 bits per heavy atom. The molecule has 2 aromatic carbocycles. The van der Waals surface area contributed by atoms with E-state index >= 15 is 0 Å². The third-order valence-corrected chi connectivity index (χ3v) is 3.99. The van der Waals surface area contributed by atoms with Gasteiger partial charge in [0.15, 0.2) is 0 Å². The van der Waals surface area contributed by atoms with E-state index in [9.17, 15) is 9.18 Å². The Balaban J connectivity index is 2.11. The van der Waals surface area contributed by atoms with E-state index in [1.165, 1.54) is 12.1 Å². The third kappa shape index (κ3) is 5.29. The van der Waals surface area contributed by atoms with Gasteiger partial charge in [-0.05, 0) is 41.8 Å². The van der Waals surface area contributed by atoms with Crippen molar-refractivity contribution in [3.63, 3.8) is 0 Å². The summed E-state index contributed by atoms with van der Waals surface area (Å²) >= 11 is 0. The Morgan fingerprint density at radius 1 is 1.16 bits per heavy atom. The normalized spacial score (nSPS) is 11.2. The van der Waals surface area contributed by atoms with Crippen LogP contribution in [0, 0.1) is 11.2 Å². The van der Waals surface area contributed by atoms with Gasteiger partial charge in [0.1, 0.15) is 18.2 Å². The summed E-state index contributed by atoms with van der Waals surface area (Å²) in [6, 6.07) is 13.2. The van der Waals surface area contributed by atoms with Gasteiger partial charge in [-0.1, -0.05) is 38.1 Å². The smallest absolute Gasteiger partial charge is 0.257 e. The SMILES string of the molecule is CN(CC(C)(C)CN)C(=O)c1ccccc1OCc1ccc(F)cc1. The van der Waals surface area contributed by atoms with E-state index < -0.39 is 0 Å². The fourth-order valence-electron chi connectivity index (χ4n) is 2.49. The van der Waals surface area contributed by atoms with Crippen molar-refractivity contribution in [2.45, 2.75) is 20.5 Å². The monoisotopic (exact) mass is 344 g/mol. The first-order chi connectivity index (χ1) is 11.8. The molecule has 0 heterocycles. The zero-order valence-corrected chi connectivity index (χ0v) is 15.0. The topological polar surface area (TPSA) is 55.6 Å². The molecule has 0 saturated heterocycles. The maximum Gasteiger partial charge on any atom is 0.257 e. The number of benzene rings is 2. The second-order valence-corrected chi connectivity index (χ2v) is 6.94. The Hall–Kier alpha value is -2.40. The molecule has 25 heavy (non-hydrogen) atoms. The number of carbonyl (C=O) groups is 1. The number of nitrogens with two attached hydrogens (primary N) is 1. The lowest BCUT2D eigenvalue weighted by Gasteiger charge is -2.29. The van der Waals surface area contributed by atoms with Crippen molar-refractivity contribution in [2.75, 3.05) is 20.1 Å². The largest absolute Gasteiger partial charge is 0.488 e. The van der Waals surface area contributed by atoms with E-state index in [4.69, 9.17) is 10.5 Å². The van der Waals surface area contributed by atoms with Crippen LogP contribution < -0.4 is 10.5 Å². The molecule has 0 unspecified atom stereocenters. The van der Waals surface area contributed by atoms with E-state index in [0.717, 1.165) is 5.56 Å². The van der Waals surface area contributed by atoms with Crippen LogP contribution in [0.25, 0.3) is 0 Å². The quantitative estimate of drug-likeness (QED) is 0.837. The highest BCUT2D eigenvalue weighted by Crippen LogP contribution is 2.23. The zero-order valence-electron chi connectivity index (χ0n) is 15.0. The first-order valence-corrected chi connectivity index (χ1v) is 8.24. The van der Waals surface area contributed by atoms with Crippen LogP contribution in [0.15, 0.2) is 48.5 Å². The van der Waals surface area contributed by atoms with Crippen LogP contribution in [-0.4, -0.2) is 30.9 Å². The summed E-state index contributed by atoms with van der Waals surface area (Å²) in [5.41, 5.74) is 6.93. The lowest BCUT2D eigenvalue weighted by atomic mass is 9.93. The highest BCUT2D eigenvalue weighted by atomic mass is 19.1. The highest BCUT2D eigenvalue weighted by molar-refractivity contribution is 5.96. The molecule has 4 nitrogen and oxygen atoms in total. The van der Waals surface area contributed by atoms with Crippen LogP contribution in [0.2, 0.25) is 0 Å². The Labute approximate surface area is 148 Å². The number of amides is 1. The molecular formula is C20H25FN2O2. The Bertz CT molecular complexity index is 714. The predicted octanol–water partition coefficient (Wildman–Crippen LogP) is 3.46. The molecule has 0 spiro atoms. The summed E-state index contributed by atoms with van der Waals surface area (Å²) in [6.45, 7) is 5.35. The van der Waals surface area contributed by atoms with E-state index in [1.807, 2.05) is 19.9 Å². The molecule has 0 aliphatic rings. The van der Waals surface area contributed by atoms with Crippen LogP contribution in [-0.2, 0) is 6.61 Å². The summed E-state index contributed by atoms with van der Waals surface area (Å²) < 4.78 is 18.8. The van der Waals surface area contributed by atoms with Gasteiger partial charge in [0.05, 0.1) is 5.56 Å². The zero-order chi connectivity index (χ0) is 18.4. The molecule has 0 aliphatic carbocycles. The summed E-state index contributed by atoms with van der Waals surface area (Å²) in [4.78, 5) is 14.4. The van der Waals surface area contributed by atoms with Gasteiger partial charge in [-0.25, -0.2) is 4.39 Å². The van der Waals surface area contributed by atoms with Crippen molar-refractivity contribution in [3.05, 3.63) is 65.5 Å². The van der Waals surface area contributed by atoms with E-state index in [0.29, 0.717) is 24.4 Å². The van der Waals surface area contributed by atoms with E-state index in [2.05, 4.69) is 0 Å². The van der Waals surface area contributed by atoms with Crippen molar-refractivity contribution < 1.29 is 13.9 Å². The van der Waals surface area contributed by atoms with Gasteiger partial charge in [0, 0.05) is 13.6 Å². The maximum absolute atomic E-state index is 13.0. The summed E-state index contributed by atoms with van der Waals surface area (Å²) in [6.07, 6.45) is 0. The third-order valence-electron chi connectivity index (χ3n) is 3.99. The average Bonchev–Trinajstić information content (AvgIpc) is 2.60.